The summed E-state index contributed by atoms with van der Waals surface area (Å²) in [5.74, 6) is 3.54. The number of fused-ring (bicyclic) bond motifs is 3. The third kappa shape index (κ3) is 7.17. The zero-order valence-corrected chi connectivity index (χ0v) is 32.1. The van der Waals surface area contributed by atoms with Gasteiger partial charge in [0.2, 0.25) is 11.8 Å². The number of nitrogens with zero attached hydrogens (tertiary/aromatic N) is 4. The number of carbonyl (C=O) groups is 3. The summed E-state index contributed by atoms with van der Waals surface area (Å²) in [6, 6.07) is 17.9. The first-order valence-corrected chi connectivity index (χ1v) is 19.5. The van der Waals surface area contributed by atoms with E-state index in [-0.39, 0.29) is 29.8 Å². The Morgan fingerprint density at radius 2 is 1.58 bits per heavy atom. The van der Waals surface area contributed by atoms with Gasteiger partial charge >= 0.3 is 6.09 Å². The molecule has 286 valence electrons. The van der Waals surface area contributed by atoms with Gasteiger partial charge < -0.3 is 34.6 Å². The molecule has 3 aliphatic rings. The number of benzene rings is 3. The molecule has 2 aromatic heterocycles. The first-order chi connectivity index (χ1) is 26.6. The topological polar surface area (TPSA) is 146 Å². The van der Waals surface area contributed by atoms with Crippen molar-refractivity contribution in [3.63, 3.8) is 0 Å². The summed E-state index contributed by atoms with van der Waals surface area (Å²) in [5.41, 5.74) is 7.98. The largest absolute Gasteiger partial charge is 0.457 e. The molecule has 5 heterocycles. The molecule has 5 aromatic rings. The second-order valence-corrected chi connectivity index (χ2v) is 15.9. The number of aromatic nitrogens is 4. The lowest BCUT2D eigenvalue weighted by Crippen LogP contribution is -2.51. The van der Waals surface area contributed by atoms with Gasteiger partial charge in [-0.05, 0) is 90.1 Å². The van der Waals surface area contributed by atoms with E-state index in [1.54, 1.807) is 0 Å². The van der Waals surface area contributed by atoms with Crippen molar-refractivity contribution in [3.05, 3.63) is 83.6 Å². The molecule has 0 saturated carbocycles. The molecule has 0 radical (unpaired) electrons. The molecule has 3 atom stereocenters. The third-order valence-electron chi connectivity index (χ3n) is 11.2. The van der Waals surface area contributed by atoms with Gasteiger partial charge in [-0.25, -0.2) is 14.8 Å². The molecule has 3 N–H and O–H groups in total. The number of imidazole rings is 2. The number of likely N-dealkylation sites (tertiary alicyclic amines) is 2. The minimum atomic E-state index is -0.683. The Labute approximate surface area is 321 Å². The zero-order valence-electron chi connectivity index (χ0n) is 32.1. The van der Waals surface area contributed by atoms with E-state index in [1.807, 2.05) is 42.0 Å². The van der Waals surface area contributed by atoms with Crippen LogP contribution in [0, 0.1) is 11.8 Å². The van der Waals surface area contributed by atoms with E-state index in [9.17, 15) is 14.4 Å². The maximum atomic E-state index is 13.6. The van der Waals surface area contributed by atoms with Crippen LogP contribution in [0.2, 0.25) is 0 Å². The van der Waals surface area contributed by atoms with E-state index in [0.29, 0.717) is 18.9 Å². The molecule has 2 saturated heterocycles. The van der Waals surface area contributed by atoms with Crippen LogP contribution in [0.5, 0.6) is 11.5 Å². The molecular weight excluding hydrogens is 695 g/mol. The fourth-order valence-electron chi connectivity index (χ4n) is 8.31. The molecule has 12 heteroatoms. The van der Waals surface area contributed by atoms with Crippen LogP contribution < -0.4 is 10.1 Å². The Balaban J connectivity index is 0.973. The van der Waals surface area contributed by atoms with Crippen molar-refractivity contribution in [3.8, 4) is 33.9 Å². The Hall–Kier alpha value is -5.65. The molecule has 3 aliphatic heterocycles. The predicted octanol–water partition coefficient (Wildman–Crippen LogP) is 8.07. The lowest BCUT2D eigenvalue weighted by molar-refractivity contribution is -0.135. The molecule has 0 aliphatic carbocycles. The maximum absolute atomic E-state index is 13.6. The van der Waals surface area contributed by atoms with Crippen LogP contribution >= 0.6 is 0 Å². The number of H-pyrrole nitrogens is 2. The van der Waals surface area contributed by atoms with Gasteiger partial charge in [0.1, 0.15) is 29.2 Å². The Morgan fingerprint density at radius 1 is 0.855 bits per heavy atom. The van der Waals surface area contributed by atoms with Crippen molar-refractivity contribution in [1.29, 1.82) is 0 Å². The monoisotopic (exact) mass is 743 g/mol. The smallest absolute Gasteiger partial charge is 0.407 e. The van der Waals surface area contributed by atoms with Gasteiger partial charge in [-0.15, -0.1) is 0 Å². The van der Waals surface area contributed by atoms with E-state index in [1.165, 1.54) is 7.11 Å². The van der Waals surface area contributed by atoms with Crippen molar-refractivity contribution in [2.24, 2.45) is 11.8 Å². The van der Waals surface area contributed by atoms with Crippen LogP contribution in [0.4, 0.5) is 4.79 Å². The van der Waals surface area contributed by atoms with Gasteiger partial charge in [0, 0.05) is 31.5 Å². The van der Waals surface area contributed by atoms with Gasteiger partial charge in [-0.3, -0.25) is 9.59 Å². The van der Waals surface area contributed by atoms with Crippen LogP contribution in [0.25, 0.3) is 33.4 Å². The van der Waals surface area contributed by atoms with Crippen molar-refractivity contribution in [2.45, 2.75) is 84.3 Å². The summed E-state index contributed by atoms with van der Waals surface area (Å²) in [7, 11) is 1.30. The lowest BCUT2D eigenvalue weighted by Gasteiger charge is -2.29. The number of hydrogen-bond acceptors (Lipinski definition) is 7. The highest BCUT2D eigenvalue weighted by atomic mass is 16.5. The number of rotatable bonds is 9. The van der Waals surface area contributed by atoms with Crippen molar-refractivity contribution in [1.82, 2.24) is 35.1 Å². The standard InChI is InChI=1S/C43H49N7O5/c1-24(2)18-38(51)49-16-6-8-34(49)40-44-23-33(47-40)28-10-11-29-20-30-19-26(13-15-36(30)55-37(29)22-28)27-12-14-31-32(21-27)46-41(45-31)35-9-7-17-50(35)42(52)39(25(3)4)48-43(53)54-5/h10-15,19,21-25,34-35,39H,6-9,16-18,20H2,1-5H3,(H,44,47)(H,45,46)(H,48,53)/t34-,35-,39-/m0/s1. The molecule has 12 nitrogen and oxygen atoms in total. The van der Waals surface area contributed by atoms with E-state index >= 15 is 0 Å². The van der Waals surface area contributed by atoms with Crippen molar-refractivity contribution in [2.75, 3.05) is 20.2 Å². The number of alkyl carbamates (subject to hydrolysis) is 1. The normalized spacial score (nSPS) is 18.4. The minimum Gasteiger partial charge on any atom is -0.457 e. The van der Waals surface area contributed by atoms with Gasteiger partial charge in [0.25, 0.3) is 0 Å². The van der Waals surface area contributed by atoms with E-state index in [4.69, 9.17) is 19.4 Å². The Kier molecular flexibility index (Phi) is 9.83. The fraction of sp³-hybridized carbons (Fsp3) is 0.419. The first-order valence-electron chi connectivity index (χ1n) is 19.5. The van der Waals surface area contributed by atoms with Gasteiger partial charge in [-0.1, -0.05) is 52.0 Å². The fourth-order valence-corrected chi connectivity index (χ4v) is 8.31. The van der Waals surface area contributed by atoms with Gasteiger partial charge in [0.05, 0.1) is 42.1 Å². The second-order valence-electron chi connectivity index (χ2n) is 15.9. The third-order valence-corrected chi connectivity index (χ3v) is 11.2. The first kappa shape index (κ1) is 36.3. The summed E-state index contributed by atoms with van der Waals surface area (Å²) < 4.78 is 11.3. The molecule has 0 spiro atoms. The van der Waals surface area contributed by atoms with E-state index < -0.39 is 12.1 Å². The molecule has 3 aromatic carbocycles. The van der Waals surface area contributed by atoms with E-state index in [0.717, 1.165) is 106 Å². The summed E-state index contributed by atoms with van der Waals surface area (Å²) >= 11 is 0. The highest BCUT2D eigenvalue weighted by Gasteiger charge is 2.38. The quantitative estimate of drug-likeness (QED) is 0.136. The molecular formula is C43H49N7O5. The van der Waals surface area contributed by atoms with Crippen LogP contribution in [-0.2, 0) is 20.7 Å². The van der Waals surface area contributed by atoms with Crippen LogP contribution in [0.15, 0.2) is 60.8 Å². The predicted molar refractivity (Wildman–Crippen MR) is 209 cm³/mol. The lowest BCUT2D eigenvalue weighted by atomic mass is 9.95. The number of carbonyl (C=O) groups excluding carboxylic acids is 3. The summed E-state index contributed by atoms with van der Waals surface area (Å²) in [5, 5.41) is 2.72. The average molecular weight is 744 g/mol. The number of amides is 3. The zero-order chi connectivity index (χ0) is 38.4. The molecule has 2 fully saturated rings. The molecule has 3 amide bonds. The number of ether oxygens (including phenoxy) is 2. The maximum Gasteiger partial charge on any atom is 0.407 e. The second kappa shape index (κ2) is 14.9. The van der Waals surface area contributed by atoms with Crippen molar-refractivity contribution < 1.29 is 23.9 Å². The molecule has 0 unspecified atom stereocenters. The Bertz CT molecular complexity index is 2260. The summed E-state index contributed by atoms with van der Waals surface area (Å²) in [6.07, 6.45) is 6.09. The van der Waals surface area contributed by atoms with Crippen LogP contribution in [0.3, 0.4) is 0 Å². The van der Waals surface area contributed by atoms with Crippen LogP contribution in [0.1, 0.15) is 94.7 Å². The number of methoxy groups -OCH3 is 1. The number of aromatic amines is 2. The Morgan fingerprint density at radius 3 is 2.35 bits per heavy atom. The SMILES string of the molecule is COC(=O)N[C@H](C(=O)N1CCC[C@H]1c1nc2ccc(-c3ccc4c(c3)Cc3ccc(-c5cnc([C@@H]6CCCN6C(=O)CC(C)C)[nH]5)cc3O4)cc2[nH]1)C(C)C. The minimum absolute atomic E-state index is 0.0137. The molecule has 0 bridgehead atoms. The van der Waals surface area contributed by atoms with Crippen LogP contribution in [-0.4, -0.2) is 73.9 Å². The van der Waals surface area contributed by atoms with Crippen molar-refractivity contribution >= 4 is 28.9 Å². The van der Waals surface area contributed by atoms with Gasteiger partial charge in [0.15, 0.2) is 0 Å². The molecule has 8 rings (SSSR count). The van der Waals surface area contributed by atoms with E-state index in [2.05, 4.69) is 71.6 Å². The number of nitrogens with one attached hydrogen (secondary N) is 3. The highest BCUT2D eigenvalue weighted by molar-refractivity contribution is 5.87. The highest BCUT2D eigenvalue weighted by Crippen LogP contribution is 2.41. The average Bonchev–Trinajstić information content (AvgIpc) is 4.00. The summed E-state index contributed by atoms with van der Waals surface area (Å²) in [4.78, 5) is 59.0. The number of hydrogen-bond donors (Lipinski definition) is 3. The van der Waals surface area contributed by atoms with Gasteiger partial charge in [-0.2, -0.15) is 0 Å². The summed E-state index contributed by atoms with van der Waals surface area (Å²) in [6.45, 7) is 9.36. The molecule has 55 heavy (non-hydrogen) atoms.